The van der Waals surface area contributed by atoms with Crippen molar-refractivity contribution in [3.8, 4) is 0 Å². The summed E-state index contributed by atoms with van der Waals surface area (Å²) in [7, 11) is 0. The van der Waals surface area contributed by atoms with Gasteiger partial charge in [-0.25, -0.2) is 4.79 Å². The van der Waals surface area contributed by atoms with E-state index >= 15 is 0 Å². The van der Waals surface area contributed by atoms with Crippen LogP contribution in [0.2, 0.25) is 5.02 Å². The Balaban J connectivity index is 1.24. The minimum absolute atomic E-state index is 0.0653. The Bertz CT molecular complexity index is 605. The van der Waals surface area contributed by atoms with Crippen molar-refractivity contribution in [1.82, 2.24) is 9.80 Å². The van der Waals surface area contributed by atoms with Crippen molar-refractivity contribution < 1.29 is 14.3 Å². The predicted molar refractivity (Wildman–Crippen MR) is 91.3 cm³/mol. The van der Waals surface area contributed by atoms with E-state index in [1.165, 1.54) is 0 Å². The van der Waals surface area contributed by atoms with Crippen LogP contribution in [0.4, 0.5) is 10.5 Å². The standard InChI is InChI=1S/C17H22ClN3O3/c18-13-2-1-3-14(10-13)19-16(22)21-11-15(12-21)20-6-4-17(5-7-20)23-8-9-24-17/h1-3,10,15H,4-9,11-12H2,(H,19,22). The maximum Gasteiger partial charge on any atom is 0.321 e. The zero-order chi connectivity index (χ0) is 16.6. The minimum atomic E-state index is -0.329. The number of carbonyl (C=O) groups is 1. The van der Waals surface area contributed by atoms with Crippen molar-refractivity contribution in [3.63, 3.8) is 0 Å². The van der Waals surface area contributed by atoms with Crippen molar-refractivity contribution >= 4 is 23.3 Å². The van der Waals surface area contributed by atoms with Crippen LogP contribution in [0.3, 0.4) is 0 Å². The van der Waals surface area contributed by atoms with E-state index in [0.717, 1.165) is 44.7 Å². The van der Waals surface area contributed by atoms with Gasteiger partial charge in [0.15, 0.2) is 5.79 Å². The number of halogens is 1. The van der Waals surface area contributed by atoms with Gasteiger partial charge < -0.3 is 19.7 Å². The number of piperidine rings is 1. The molecule has 0 saturated carbocycles. The van der Waals surface area contributed by atoms with Gasteiger partial charge in [0.05, 0.1) is 13.2 Å². The molecule has 0 aliphatic carbocycles. The number of anilines is 1. The number of nitrogens with one attached hydrogen (secondary N) is 1. The SMILES string of the molecule is O=C(Nc1cccc(Cl)c1)N1CC(N2CCC3(CC2)OCCO3)C1. The molecule has 0 aromatic heterocycles. The number of urea groups is 1. The molecule has 0 atom stereocenters. The summed E-state index contributed by atoms with van der Waals surface area (Å²) >= 11 is 5.94. The Morgan fingerprint density at radius 2 is 1.92 bits per heavy atom. The zero-order valence-electron chi connectivity index (χ0n) is 13.5. The number of likely N-dealkylation sites (tertiary alicyclic amines) is 2. The van der Waals surface area contributed by atoms with Crippen LogP contribution in [0.5, 0.6) is 0 Å². The monoisotopic (exact) mass is 351 g/mol. The third kappa shape index (κ3) is 3.24. The lowest BCUT2D eigenvalue weighted by Gasteiger charge is -2.48. The fourth-order valence-electron chi connectivity index (χ4n) is 3.64. The first-order valence-electron chi connectivity index (χ1n) is 8.47. The van der Waals surface area contributed by atoms with Crippen LogP contribution in [0, 0.1) is 0 Å². The molecule has 3 aliphatic heterocycles. The first-order chi connectivity index (χ1) is 11.6. The van der Waals surface area contributed by atoms with E-state index in [1.807, 2.05) is 17.0 Å². The molecule has 0 bridgehead atoms. The number of hydrogen-bond acceptors (Lipinski definition) is 4. The molecule has 3 fully saturated rings. The summed E-state index contributed by atoms with van der Waals surface area (Å²) in [6, 6.07) is 7.58. The summed E-state index contributed by atoms with van der Waals surface area (Å²) in [6.07, 6.45) is 1.83. The summed E-state index contributed by atoms with van der Waals surface area (Å²) < 4.78 is 11.5. The van der Waals surface area contributed by atoms with Crippen LogP contribution >= 0.6 is 11.6 Å². The Morgan fingerprint density at radius 3 is 2.58 bits per heavy atom. The van der Waals surface area contributed by atoms with Gasteiger partial charge in [0.1, 0.15) is 0 Å². The molecule has 3 saturated heterocycles. The van der Waals surface area contributed by atoms with Gasteiger partial charge >= 0.3 is 6.03 Å². The molecule has 3 aliphatic rings. The van der Waals surface area contributed by atoms with E-state index in [-0.39, 0.29) is 11.8 Å². The molecule has 4 rings (SSSR count). The quantitative estimate of drug-likeness (QED) is 0.889. The van der Waals surface area contributed by atoms with Crippen LogP contribution in [0.1, 0.15) is 12.8 Å². The summed E-state index contributed by atoms with van der Waals surface area (Å²) in [4.78, 5) is 16.5. The van der Waals surface area contributed by atoms with Gasteiger partial charge in [0.25, 0.3) is 0 Å². The van der Waals surface area contributed by atoms with E-state index in [4.69, 9.17) is 21.1 Å². The third-order valence-corrected chi connectivity index (χ3v) is 5.35. The molecule has 1 aromatic carbocycles. The molecule has 3 heterocycles. The maximum absolute atomic E-state index is 12.3. The lowest BCUT2D eigenvalue weighted by molar-refractivity contribution is -0.190. The third-order valence-electron chi connectivity index (χ3n) is 5.12. The second-order valence-corrected chi connectivity index (χ2v) is 7.08. The van der Waals surface area contributed by atoms with E-state index in [9.17, 15) is 4.79 Å². The van der Waals surface area contributed by atoms with Gasteiger partial charge in [-0.3, -0.25) is 4.90 Å². The van der Waals surface area contributed by atoms with Crippen molar-refractivity contribution in [2.24, 2.45) is 0 Å². The smallest absolute Gasteiger partial charge is 0.321 e. The maximum atomic E-state index is 12.3. The predicted octanol–water partition coefficient (Wildman–Crippen LogP) is 2.40. The molecule has 2 amide bonds. The molecule has 24 heavy (non-hydrogen) atoms. The average Bonchev–Trinajstić information content (AvgIpc) is 2.96. The van der Waals surface area contributed by atoms with Gasteiger partial charge in [0.2, 0.25) is 0 Å². The summed E-state index contributed by atoms with van der Waals surface area (Å²) in [6.45, 7) is 4.88. The molecule has 6 nitrogen and oxygen atoms in total. The van der Waals surface area contributed by atoms with E-state index in [2.05, 4.69) is 10.2 Å². The number of nitrogens with zero attached hydrogens (tertiary/aromatic N) is 2. The highest BCUT2D eigenvalue weighted by molar-refractivity contribution is 6.30. The Labute approximate surface area is 146 Å². The van der Waals surface area contributed by atoms with Crippen LogP contribution in [0.25, 0.3) is 0 Å². The molecule has 130 valence electrons. The second kappa shape index (κ2) is 6.52. The van der Waals surface area contributed by atoms with Crippen molar-refractivity contribution in [2.45, 2.75) is 24.7 Å². The van der Waals surface area contributed by atoms with E-state index in [1.54, 1.807) is 12.1 Å². The lowest BCUT2D eigenvalue weighted by atomic mass is 9.99. The van der Waals surface area contributed by atoms with Crippen LogP contribution in [-0.2, 0) is 9.47 Å². The zero-order valence-corrected chi connectivity index (χ0v) is 14.3. The Hall–Kier alpha value is -1.34. The number of ether oxygens (including phenoxy) is 2. The highest BCUT2D eigenvalue weighted by Gasteiger charge is 2.43. The largest absolute Gasteiger partial charge is 0.347 e. The van der Waals surface area contributed by atoms with Gasteiger partial charge in [-0.15, -0.1) is 0 Å². The summed E-state index contributed by atoms with van der Waals surface area (Å²) in [5.41, 5.74) is 0.728. The number of carbonyl (C=O) groups excluding carboxylic acids is 1. The number of rotatable bonds is 2. The Kier molecular flexibility index (Phi) is 4.39. The molecular weight excluding hydrogens is 330 g/mol. The fourth-order valence-corrected chi connectivity index (χ4v) is 3.83. The van der Waals surface area contributed by atoms with E-state index in [0.29, 0.717) is 24.3 Å². The van der Waals surface area contributed by atoms with Gasteiger partial charge in [0, 0.05) is 55.8 Å². The molecule has 1 aromatic rings. The molecule has 0 unspecified atom stereocenters. The highest BCUT2D eigenvalue weighted by Crippen LogP contribution is 2.33. The van der Waals surface area contributed by atoms with Crippen LogP contribution in [0.15, 0.2) is 24.3 Å². The minimum Gasteiger partial charge on any atom is -0.347 e. The number of hydrogen-bond donors (Lipinski definition) is 1. The van der Waals surface area contributed by atoms with Crippen LogP contribution in [-0.4, -0.2) is 67.1 Å². The molecule has 1 N–H and O–H groups in total. The number of amides is 2. The second-order valence-electron chi connectivity index (χ2n) is 6.64. The summed E-state index contributed by atoms with van der Waals surface area (Å²) in [5.74, 6) is -0.329. The molecule has 7 heteroatoms. The topological polar surface area (TPSA) is 54.0 Å². The molecule has 0 radical (unpaired) electrons. The van der Waals surface area contributed by atoms with Gasteiger partial charge in [-0.05, 0) is 18.2 Å². The van der Waals surface area contributed by atoms with Crippen molar-refractivity contribution in [3.05, 3.63) is 29.3 Å². The van der Waals surface area contributed by atoms with Gasteiger partial charge in [-0.2, -0.15) is 0 Å². The fraction of sp³-hybridized carbons (Fsp3) is 0.588. The summed E-state index contributed by atoms with van der Waals surface area (Å²) in [5, 5.41) is 3.51. The first-order valence-corrected chi connectivity index (χ1v) is 8.85. The highest BCUT2D eigenvalue weighted by atomic mass is 35.5. The molecule has 1 spiro atoms. The van der Waals surface area contributed by atoms with Crippen molar-refractivity contribution in [2.75, 3.05) is 44.7 Å². The van der Waals surface area contributed by atoms with E-state index < -0.39 is 0 Å². The van der Waals surface area contributed by atoms with Gasteiger partial charge in [-0.1, -0.05) is 17.7 Å². The molecular formula is C17H22ClN3O3. The lowest BCUT2D eigenvalue weighted by Crippen LogP contribution is -2.64. The normalized spacial score (nSPS) is 24.1. The Morgan fingerprint density at radius 1 is 1.21 bits per heavy atom. The average molecular weight is 352 g/mol. The van der Waals surface area contributed by atoms with Crippen molar-refractivity contribution in [1.29, 1.82) is 0 Å². The van der Waals surface area contributed by atoms with Crippen LogP contribution < -0.4 is 5.32 Å². The first kappa shape index (κ1) is 16.1. The number of benzene rings is 1.